The van der Waals surface area contributed by atoms with Gasteiger partial charge in [0, 0.05) is 49.5 Å². The van der Waals surface area contributed by atoms with Crippen molar-refractivity contribution in [3.05, 3.63) is 74.8 Å². The quantitative estimate of drug-likeness (QED) is 0.579. The highest BCUT2D eigenvalue weighted by Crippen LogP contribution is 2.24. The number of carbonyl (C=O) groups excluding carboxylic acids is 1. The molecule has 1 aromatic carbocycles. The van der Waals surface area contributed by atoms with Crippen LogP contribution in [0.15, 0.2) is 58.5 Å². The number of nitrogens with one attached hydrogen (secondary N) is 1. The van der Waals surface area contributed by atoms with Crippen LogP contribution >= 0.6 is 27.3 Å². The SMILES string of the molecule is O=C(c1cccnc1Nc1cccc(F)c1)N1CCN(Cc2ccc(Br)s2)CC1. The van der Waals surface area contributed by atoms with Crippen molar-refractivity contribution in [2.75, 3.05) is 31.5 Å². The normalized spacial score (nSPS) is 14.8. The molecule has 1 aliphatic rings. The van der Waals surface area contributed by atoms with E-state index in [1.165, 1.54) is 17.0 Å². The molecule has 0 unspecified atom stereocenters. The van der Waals surface area contributed by atoms with Crippen LogP contribution in [0.5, 0.6) is 0 Å². The number of thiophene rings is 1. The number of carbonyl (C=O) groups is 1. The molecule has 4 rings (SSSR count). The predicted molar refractivity (Wildman–Crippen MR) is 117 cm³/mol. The molecule has 0 saturated carbocycles. The molecule has 0 aliphatic carbocycles. The van der Waals surface area contributed by atoms with Crippen LogP contribution in [-0.4, -0.2) is 46.9 Å². The lowest BCUT2D eigenvalue weighted by Gasteiger charge is -2.34. The van der Waals surface area contributed by atoms with Crippen molar-refractivity contribution in [3.8, 4) is 0 Å². The summed E-state index contributed by atoms with van der Waals surface area (Å²) in [5, 5.41) is 3.07. The summed E-state index contributed by atoms with van der Waals surface area (Å²) in [5.41, 5.74) is 1.05. The second kappa shape index (κ2) is 9.02. The first kappa shape index (κ1) is 20.0. The number of piperazine rings is 1. The summed E-state index contributed by atoms with van der Waals surface area (Å²) in [7, 11) is 0. The van der Waals surface area contributed by atoms with Crippen molar-refractivity contribution in [1.29, 1.82) is 0 Å². The molecule has 1 saturated heterocycles. The first-order chi connectivity index (χ1) is 14.1. The number of aromatic nitrogens is 1. The lowest BCUT2D eigenvalue weighted by Crippen LogP contribution is -2.48. The summed E-state index contributed by atoms with van der Waals surface area (Å²) in [4.78, 5) is 22.9. The lowest BCUT2D eigenvalue weighted by atomic mass is 10.2. The zero-order valence-electron chi connectivity index (χ0n) is 15.6. The van der Waals surface area contributed by atoms with Gasteiger partial charge >= 0.3 is 0 Å². The van der Waals surface area contributed by atoms with Crippen molar-refractivity contribution in [3.63, 3.8) is 0 Å². The van der Waals surface area contributed by atoms with Crippen LogP contribution in [0.2, 0.25) is 0 Å². The Bertz CT molecular complexity index is 1000. The summed E-state index contributed by atoms with van der Waals surface area (Å²) in [5.74, 6) is 0.0391. The molecule has 1 aliphatic heterocycles. The molecule has 5 nitrogen and oxygen atoms in total. The minimum atomic E-state index is -0.340. The number of anilines is 2. The second-order valence-corrected chi connectivity index (χ2v) is 9.36. The van der Waals surface area contributed by atoms with Gasteiger partial charge in [0.05, 0.1) is 9.35 Å². The highest BCUT2D eigenvalue weighted by molar-refractivity contribution is 9.11. The molecule has 0 bridgehead atoms. The fourth-order valence-electron chi connectivity index (χ4n) is 3.32. The van der Waals surface area contributed by atoms with E-state index in [1.54, 1.807) is 41.8 Å². The Morgan fingerprint density at radius 3 is 2.69 bits per heavy atom. The van der Waals surface area contributed by atoms with Gasteiger partial charge in [-0.05, 0) is 58.4 Å². The number of amides is 1. The third kappa shape index (κ3) is 5.01. The standard InChI is InChI=1S/C21H20BrFN4OS/c22-19-7-6-17(29-19)14-26-9-11-27(12-10-26)21(28)18-5-2-8-24-20(18)25-16-4-1-3-15(23)13-16/h1-8,13H,9-12,14H2,(H,24,25). The first-order valence-electron chi connectivity index (χ1n) is 9.32. The van der Waals surface area contributed by atoms with Crippen LogP contribution in [0.3, 0.4) is 0 Å². The van der Waals surface area contributed by atoms with Gasteiger partial charge in [-0.1, -0.05) is 6.07 Å². The van der Waals surface area contributed by atoms with E-state index >= 15 is 0 Å². The first-order valence-corrected chi connectivity index (χ1v) is 10.9. The maximum absolute atomic E-state index is 13.5. The third-order valence-corrected chi connectivity index (χ3v) is 6.40. The Balaban J connectivity index is 1.41. The molecule has 1 N–H and O–H groups in total. The number of rotatable bonds is 5. The zero-order chi connectivity index (χ0) is 20.2. The van der Waals surface area contributed by atoms with Gasteiger partial charge in [-0.2, -0.15) is 0 Å². The van der Waals surface area contributed by atoms with E-state index in [0.717, 1.165) is 23.4 Å². The Morgan fingerprint density at radius 1 is 1.14 bits per heavy atom. The van der Waals surface area contributed by atoms with Crippen LogP contribution in [0.4, 0.5) is 15.9 Å². The van der Waals surface area contributed by atoms with E-state index in [1.807, 2.05) is 4.90 Å². The van der Waals surface area contributed by atoms with Gasteiger partial charge in [0.25, 0.3) is 5.91 Å². The van der Waals surface area contributed by atoms with Gasteiger partial charge in [-0.3, -0.25) is 9.69 Å². The summed E-state index contributed by atoms with van der Waals surface area (Å²) >= 11 is 5.24. The van der Waals surface area contributed by atoms with E-state index in [0.29, 0.717) is 30.2 Å². The Labute approximate surface area is 181 Å². The van der Waals surface area contributed by atoms with Gasteiger partial charge < -0.3 is 10.2 Å². The molecule has 150 valence electrons. The van der Waals surface area contributed by atoms with Crippen LogP contribution in [0, 0.1) is 5.82 Å². The number of halogens is 2. The van der Waals surface area contributed by atoms with Gasteiger partial charge in [-0.15, -0.1) is 11.3 Å². The summed E-state index contributed by atoms with van der Waals surface area (Å²) in [6, 6.07) is 13.8. The number of hydrogen-bond acceptors (Lipinski definition) is 5. The van der Waals surface area contributed by atoms with E-state index in [-0.39, 0.29) is 11.7 Å². The molecule has 3 aromatic rings. The highest BCUT2D eigenvalue weighted by atomic mass is 79.9. The monoisotopic (exact) mass is 474 g/mol. The van der Waals surface area contributed by atoms with E-state index < -0.39 is 0 Å². The van der Waals surface area contributed by atoms with E-state index in [2.05, 4.69) is 43.3 Å². The zero-order valence-corrected chi connectivity index (χ0v) is 18.0. The number of hydrogen-bond donors (Lipinski definition) is 1. The van der Waals surface area contributed by atoms with Crippen LogP contribution in [0.1, 0.15) is 15.2 Å². The van der Waals surface area contributed by atoms with Crippen molar-refractivity contribution in [1.82, 2.24) is 14.8 Å². The van der Waals surface area contributed by atoms with Crippen LogP contribution in [-0.2, 0) is 6.54 Å². The van der Waals surface area contributed by atoms with Crippen LogP contribution < -0.4 is 5.32 Å². The molecular weight excluding hydrogens is 455 g/mol. The molecule has 0 radical (unpaired) electrons. The lowest BCUT2D eigenvalue weighted by molar-refractivity contribution is 0.0630. The van der Waals surface area contributed by atoms with Crippen molar-refractivity contribution < 1.29 is 9.18 Å². The average Bonchev–Trinajstić information content (AvgIpc) is 3.13. The summed E-state index contributed by atoms with van der Waals surface area (Å²) in [6.07, 6.45) is 1.62. The van der Waals surface area contributed by atoms with Crippen molar-refractivity contribution >= 4 is 44.7 Å². The Morgan fingerprint density at radius 2 is 1.97 bits per heavy atom. The summed E-state index contributed by atoms with van der Waals surface area (Å²) in [6.45, 7) is 3.89. The summed E-state index contributed by atoms with van der Waals surface area (Å²) < 4.78 is 14.6. The molecule has 0 spiro atoms. The smallest absolute Gasteiger partial charge is 0.257 e. The molecule has 29 heavy (non-hydrogen) atoms. The maximum atomic E-state index is 13.5. The second-order valence-electron chi connectivity index (χ2n) is 6.81. The van der Waals surface area contributed by atoms with E-state index in [4.69, 9.17) is 0 Å². The molecule has 1 amide bonds. The van der Waals surface area contributed by atoms with E-state index in [9.17, 15) is 9.18 Å². The van der Waals surface area contributed by atoms with Gasteiger partial charge in [0.2, 0.25) is 0 Å². The van der Waals surface area contributed by atoms with Crippen molar-refractivity contribution in [2.45, 2.75) is 6.54 Å². The third-order valence-electron chi connectivity index (χ3n) is 4.79. The van der Waals surface area contributed by atoms with Gasteiger partial charge in [-0.25, -0.2) is 9.37 Å². The maximum Gasteiger partial charge on any atom is 0.257 e. The molecular formula is C21H20BrFN4OS. The number of nitrogens with zero attached hydrogens (tertiary/aromatic N) is 3. The Hall–Kier alpha value is -2.29. The number of pyridine rings is 1. The fraction of sp³-hybridized carbons (Fsp3) is 0.238. The molecule has 8 heteroatoms. The van der Waals surface area contributed by atoms with Gasteiger partial charge in [0.1, 0.15) is 11.6 Å². The molecule has 2 aromatic heterocycles. The Kier molecular flexibility index (Phi) is 6.22. The number of benzene rings is 1. The predicted octanol–water partition coefficient (Wildman–Crippen LogP) is 4.75. The fourth-order valence-corrected chi connectivity index (χ4v) is 4.84. The molecule has 0 atom stereocenters. The van der Waals surface area contributed by atoms with Gasteiger partial charge in [0.15, 0.2) is 0 Å². The average molecular weight is 475 g/mol. The highest BCUT2D eigenvalue weighted by Gasteiger charge is 2.24. The minimum absolute atomic E-state index is 0.0597. The van der Waals surface area contributed by atoms with Crippen LogP contribution in [0.25, 0.3) is 0 Å². The molecule has 1 fully saturated rings. The minimum Gasteiger partial charge on any atom is -0.339 e. The van der Waals surface area contributed by atoms with Crippen molar-refractivity contribution in [2.24, 2.45) is 0 Å². The topological polar surface area (TPSA) is 48.5 Å². The molecule has 3 heterocycles. The largest absolute Gasteiger partial charge is 0.339 e.